The highest BCUT2D eigenvalue weighted by Crippen LogP contribution is 2.47. The molecule has 5 heteroatoms. The van der Waals surface area contributed by atoms with Crippen LogP contribution in [0.3, 0.4) is 0 Å². The van der Waals surface area contributed by atoms with Crippen molar-refractivity contribution in [2.45, 2.75) is 18.8 Å². The summed E-state index contributed by atoms with van der Waals surface area (Å²) >= 11 is 1.62. The van der Waals surface area contributed by atoms with Gasteiger partial charge in [-0.3, -0.25) is 0 Å². The molecule has 1 aliphatic rings. The van der Waals surface area contributed by atoms with Gasteiger partial charge in [0.15, 0.2) is 5.13 Å². The second-order valence-electron chi connectivity index (χ2n) is 5.18. The van der Waals surface area contributed by atoms with Crippen LogP contribution < -0.4 is 10.1 Å². The number of thiazole rings is 1. The first-order chi connectivity index (χ1) is 10.3. The van der Waals surface area contributed by atoms with Crippen molar-refractivity contribution in [2.24, 2.45) is 5.92 Å². The monoisotopic (exact) mass is 299 g/mol. The second-order valence-corrected chi connectivity index (χ2v) is 6.04. The average molecular weight is 299 g/mol. The Morgan fingerprint density at radius 3 is 2.90 bits per heavy atom. The van der Waals surface area contributed by atoms with E-state index in [1.165, 1.54) is 5.56 Å². The van der Waals surface area contributed by atoms with E-state index in [4.69, 9.17) is 10.00 Å². The van der Waals surface area contributed by atoms with E-state index >= 15 is 0 Å². The molecule has 1 fully saturated rings. The van der Waals surface area contributed by atoms with E-state index in [1.54, 1.807) is 18.4 Å². The van der Waals surface area contributed by atoms with E-state index in [1.807, 2.05) is 12.1 Å². The van der Waals surface area contributed by atoms with Crippen LogP contribution in [0.2, 0.25) is 0 Å². The Morgan fingerprint density at radius 2 is 2.24 bits per heavy atom. The van der Waals surface area contributed by atoms with Gasteiger partial charge >= 0.3 is 0 Å². The summed E-state index contributed by atoms with van der Waals surface area (Å²) in [5, 5.41) is 15.2. The highest BCUT2D eigenvalue weighted by atomic mass is 32.1. The minimum Gasteiger partial charge on any atom is -0.497 e. The summed E-state index contributed by atoms with van der Waals surface area (Å²) in [6.45, 7) is 0.853. The van der Waals surface area contributed by atoms with Crippen LogP contribution in [0, 0.1) is 17.2 Å². The van der Waals surface area contributed by atoms with Crippen molar-refractivity contribution in [1.82, 2.24) is 4.98 Å². The van der Waals surface area contributed by atoms with Crippen LogP contribution in [-0.4, -0.2) is 18.6 Å². The highest BCUT2D eigenvalue weighted by Gasteiger charge is 2.40. The van der Waals surface area contributed by atoms with Gasteiger partial charge in [0.25, 0.3) is 0 Å². The lowest BCUT2D eigenvalue weighted by Gasteiger charge is -2.04. The number of rotatable bonds is 6. The largest absolute Gasteiger partial charge is 0.497 e. The lowest BCUT2D eigenvalue weighted by molar-refractivity contribution is 0.414. The molecular formula is C16H17N3OS. The molecule has 2 atom stereocenters. The van der Waals surface area contributed by atoms with E-state index in [0.29, 0.717) is 5.92 Å². The van der Waals surface area contributed by atoms with Crippen molar-refractivity contribution >= 4 is 16.5 Å². The molecule has 0 amide bonds. The first-order valence-corrected chi connectivity index (χ1v) is 7.90. The third-order valence-electron chi connectivity index (χ3n) is 3.71. The van der Waals surface area contributed by atoms with Gasteiger partial charge in [0.05, 0.1) is 24.8 Å². The van der Waals surface area contributed by atoms with Gasteiger partial charge in [-0.15, -0.1) is 11.3 Å². The van der Waals surface area contributed by atoms with Crippen molar-refractivity contribution in [2.75, 3.05) is 19.0 Å². The maximum atomic E-state index is 8.85. The summed E-state index contributed by atoms with van der Waals surface area (Å²) in [6, 6.07) is 10.4. The van der Waals surface area contributed by atoms with Gasteiger partial charge in [-0.1, -0.05) is 12.1 Å². The molecule has 1 saturated carbocycles. The maximum absolute atomic E-state index is 8.85. The molecule has 0 saturated heterocycles. The third kappa shape index (κ3) is 3.34. The van der Waals surface area contributed by atoms with Gasteiger partial charge in [-0.2, -0.15) is 5.26 Å². The molecule has 108 valence electrons. The van der Waals surface area contributed by atoms with Crippen LogP contribution in [0.15, 0.2) is 29.6 Å². The van der Waals surface area contributed by atoms with Gasteiger partial charge in [0.1, 0.15) is 5.75 Å². The number of nitriles is 1. The van der Waals surface area contributed by atoms with E-state index in [9.17, 15) is 0 Å². The highest BCUT2D eigenvalue weighted by molar-refractivity contribution is 7.13. The Kier molecular flexibility index (Phi) is 4.07. The fourth-order valence-corrected chi connectivity index (χ4v) is 3.11. The molecule has 1 N–H and O–H groups in total. The Labute approximate surface area is 128 Å². The van der Waals surface area contributed by atoms with Crippen LogP contribution in [-0.2, 0) is 6.42 Å². The maximum Gasteiger partial charge on any atom is 0.182 e. The van der Waals surface area contributed by atoms with Gasteiger partial charge in [0, 0.05) is 17.8 Å². The summed E-state index contributed by atoms with van der Waals surface area (Å²) in [5.74, 6) is 1.43. The zero-order chi connectivity index (χ0) is 14.7. The van der Waals surface area contributed by atoms with Gasteiger partial charge in [-0.05, 0) is 30.5 Å². The number of nitrogens with zero attached hydrogens (tertiary/aromatic N) is 2. The first-order valence-electron chi connectivity index (χ1n) is 7.02. The van der Waals surface area contributed by atoms with E-state index in [-0.39, 0.29) is 5.92 Å². The van der Waals surface area contributed by atoms with Gasteiger partial charge < -0.3 is 10.1 Å². The molecule has 0 aliphatic heterocycles. The smallest absolute Gasteiger partial charge is 0.182 e. The molecule has 4 nitrogen and oxygen atoms in total. The predicted molar refractivity (Wildman–Crippen MR) is 83.8 cm³/mol. The zero-order valence-corrected chi connectivity index (χ0v) is 12.7. The summed E-state index contributed by atoms with van der Waals surface area (Å²) in [7, 11) is 1.67. The molecule has 1 heterocycles. The number of hydrogen-bond donors (Lipinski definition) is 1. The normalized spacial score (nSPS) is 19.8. The van der Waals surface area contributed by atoms with Crippen molar-refractivity contribution in [1.29, 1.82) is 5.26 Å². The van der Waals surface area contributed by atoms with E-state index in [2.05, 4.69) is 33.9 Å². The molecule has 2 aromatic rings. The molecule has 0 bridgehead atoms. The van der Waals surface area contributed by atoms with Crippen molar-refractivity contribution in [3.8, 4) is 11.8 Å². The molecule has 1 aliphatic carbocycles. The minimum absolute atomic E-state index is 0.180. The molecule has 1 aromatic carbocycles. The standard InChI is InChI=1S/C16H17N3OS/c1-20-13-4-2-11(3-5-13)6-7-18-16-19-15(10-21-16)14-8-12(14)9-17/h2-5,10,12,14H,6-8H2,1H3,(H,18,19). The van der Waals surface area contributed by atoms with Crippen molar-refractivity contribution < 1.29 is 4.74 Å². The fraction of sp³-hybridized carbons (Fsp3) is 0.375. The molecule has 0 radical (unpaired) electrons. The van der Waals surface area contributed by atoms with Crippen LogP contribution in [0.1, 0.15) is 23.6 Å². The topological polar surface area (TPSA) is 57.9 Å². The van der Waals surface area contributed by atoms with Crippen molar-refractivity contribution in [3.05, 3.63) is 40.9 Å². The molecule has 2 unspecified atom stereocenters. The number of aromatic nitrogens is 1. The predicted octanol–water partition coefficient (Wildman–Crippen LogP) is 3.43. The Morgan fingerprint density at radius 1 is 1.43 bits per heavy atom. The molecule has 1 aromatic heterocycles. The quantitative estimate of drug-likeness (QED) is 0.887. The lowest BCUT2D eigenvalue weighted by Crippen LogP contribution is -2.04. The average Bonchev–Trinajstić information content (AvgIpc) is 3.18. The summed E-state index contributed by atoms with van der Waals surface area (Å²) in [6.07, 6.45) is 1.91. The number of nitrogens with one attached hydrogen (secondary N) is 1. The fourth-order valence-electron chi connectivity index (χ4n) is 2.31. The van der Waals surface area contributed by atoms with Crippen LogP contribution in [0.25, 0.3) is 0 Å². The summed E-state index contributed by atoms with van der Waals surface area (Å²) in [5.41, 5.74) is 2.34. The molecule has 3 rings (SSSR count). The first kappa shape index (κ1) is 13.9. The van der Waals surface area contributed by atoms with Crippen LogP contribution in [0.5, 0.6) is 5.75 Å². The number of anilines is 1. The summed E-state index contributed by atoms with van der Waals surface area (Å²) in [4.78, 5) is 4.57. The number of benzene rings is 1. The minimum atomic E-state index is 0.180. The second kappa shape index (κ2) is 6.15. The molecular weight excluding hydrogens is 282 g/mol. The Balaban J connectivity index is 1.48. The number of methoxy groups -OCH3 is 1. The SMILES string of the molecule is COc1ccc(CCNc2nc(C3CC3C#N)cs2)cc1. The summed E-state index contributed by atoms with van der Waals surface area (Å²) < 4.78 is 5.15. The number of hydrogen-bond acceptors (Lipinski definition) is 5. The van der Waals surface area contributed by atoms with Gasteiger partial charge in [-0.25, -0.2) is 4.98 Å². The zero-order valence-electron chi connectivity index (χ0n) is 11.9. The van der Waals surface area contributed by atoms with Crippen LogP contribution in [0.4, 0.5) is 5.13 Å². The lowest BCUT2D eigenvalue weighted by atomic mass is 10.1. The van der Waals surface area contributed by atoms with E-state index < -0.39 is 0 Å². The Bertz CT molecular complexity index is 644. The molecule has 0 spiro atoms. The van der Waals surface area contributed by atoms with Crippen molar-refractivity contribution in [3.63, 3.8) is 0 Å². The third-order valence-corrected chi connectivity index (χ3v) is 4.53. The Hall–Kier alpha value is -2.06. The van der Waals surface area contributed by atoms with Crippen LogP contribution >= 0.6 is 11.3 Å². The van der Waals surface area contributed by atoms with E-state index in [0.717, 1.165) is 36.0 Å². The molecule has 21 heavy (non-hydrogen) atoms. The van der Waals surface area contributed by atoms with Gasteiger partial charge in [0.2, 0.25) is 0 Å². The number of ether oxygens (including phenoxy) is 1.